The Morgan fingerprint density at radius 2 is 1.72 bits per heavy atom. The summed E-state index contributed by atoms with van der Waals surface area (Å²) in [5, 5.41) is 12.3. The molecule has 0 radical (unpaired) electrons. The van der Waals surface area contributed by atoms with Gasteiger partial charge in [-0.15, -0.1) is 10.2 Å². The van der Waals surface area contributed by atoms with Crippen LogP contribution >= 0.6 is 23.2 Å². The molecule has 0 fully saturated rings. The van der Waals surface area contributed by atoms with Crippen molar-refractivity contribution in [1.29, 1.82) is 0 Å². The molecule has 18 heavy (non-hydrogen) atoms. The van der Waals surface area contributed by atoms with Gasteiger partial charge in [-0.25, -0.2) is 0 Å². The summed E-state index contributed by atoms with van der Waals surface area (Å²) in [6, 6.07) is 5.77. The standard InChI is InChI=1S/C13H13Cl2N3/c1-7-4-5-10(6-11(7)14)16-13-9(3)8(2)12(15)17-18-13/h4-6H,1-3H3,(H,16,18). The quantitative estimate of drug-likeness (QED) is 0.884. The number of anilines is 2. The van der Waals surface area contributed by atoms with Gasteiger partial charge in [0.05, 0.1) is 0 Å². The van der Waals surface area contributed by atoms with E-state index in [-0.39, 0.29) is 0 Å². The van der Waals surface area contributed by atoms with E-state index in [0.29, 0.717) is 11.0 Å². The van der Waals surface area contributed by atoms with Gasteiger partial charge < -0.3 is 5.32 Å². The zero-order valence-electron chi connectivity index (χ0n) is 10.4. The molecule has 1 aromatic carbocycles. The van der Waals surface area contributed by atoms with Gasteiger partial charge in [-0.3, -0.25) is 0 Å². The van der Waals surface area contributed by atoms with Crippen LogP contribution in [0.2, 0.25) is 10.2 Å². The van der Waals surface area contributed by atoms with Crippen LogP contribution in [0.25, 0.3) is 0 Å². The van der Waals surface area contributed by atoms with Crippen molar-refractivity contribution >= 4 is 34.7 Å². The first-order valence-electron chi connectivity index (χ1n) is 5.51. The number of hydrogen-bond donors (Lipinski definition) is 1. The Labute approximate surface area is 116 Å². The molecule has 0 aliphatic heterocycles. The average molecular weight is 282 g/mol. The maximum Gasteiger partial charge on any atom is 0.156 e. The third-order valence-electron chi connectivity index (χ3n) is 2.90. The first kappa shape index (κ1) is 13.1. The molecule has 5 heteroatoms. The molecule has 0 saturated heterocycles. The lowest BCUT2D eigenvalue weighted by Crippen LogP contribution is -2.01. The van der Waals surface area contributed by atoms with Crippen LogP contribution in [0.5, 0.6) is 0 Å². The highest BCUT2D eigenvalue weighted by Gasteiger charge is 2.08. The van der Waals surface area contributed by atoms with Crippen LogP contribution in [0.15, 0.2) is 18.2 Å². The maximum absolute atomic E-state index is 6.08. The van der Waals surface area contributed by atoms with E-state index in [1.54, 1.807) is 0 Å². The highest BCUT2D eigenvalue weighted by Crippen LogP contribution is 2.26. The fraction of sp³-hybridized carbons (Fsp3) is 0.231. The molecule has 0 aliphatic rings. The zero-order valence-corrected chi connectivity index (χ0v) is 11.9. The van der Waals surface area contributed by atoms with E-state index in [4.69, 9.17) is 23.2 Å². The summed E-state index contributed by atoms with van der Waals surface area (Å²) >= 11 is 12.0. The van der Waals surface area contributed by atoms with Crippen LogP contribution in [-0.2, 0) is 0 Å². The zero-order chi connectivity index (χ0) is 13.3. The Morgan fingerprint density at radius 1 is 1.00 bits per heavy atom. The summed E-state index contributed by atoms with van der Waals surface area (Å²) in [5.74, 6) is 0.691. The van der Waals surface area contributed by atoms with Gasteiger partial charge in [0.1, 0.15) is 0 Å². The first-order valence-corrected chi connectivity index (χ1v) is 6.27. The molecule has 1 N–H and O–H groups in total. The van der Waals surface area contributed by atoms with Gasteiger partial charge in [-0.1, -0.05) is 29.3 Å². The van der Waals surface area contributed by atoms with Crippen molar-refractivity contribution in [2.45, 2.75) is 20.8 Å². The normalized spacial score (nSPS) is 10.5. The number of aromatic nitrogens is 2. The van der Waals surface area contributed by atoms with Crippen molar-refractivity contribution in [2.24, 2.45) is 0 Å². The second-order valence-corrected chi connectivity index (χ2v) is 4.94. The van der Waals surface area contributed by atoms with Crippen LogP contribution in [0.3, 0.4) is 0 Å². The van der Waals surface area contributed by atoms with E-state index in [0.717, 1.165) is 27.4 Å². The Hall–Kier alpha value is -1.32. The summed E-state index contributed by atoms with van der Waals surface area (Å²) in [5.41, 5.74) is 3.82. The Bertz CT molecular complexity index is 597. The monoisotopic (exact) mass is 281 g/mol. The number of nitrogens with zero attached hydrogens (tertiary/aromatic N) is 2. The third kappa shape index (κ3) is 2.57. The minimum atomic E-state index is 0.431. The van der Waals surface area contributed by atoms with E-state index in [1.807, 2.05) is 39.0 Å². The Balaban J connectivity index is 2.34. The smallest absolute Gasteiger partial charge is 0.156 e. The van der Waals surface area contributed by atoms with Crippen molar-refractivity contribution < 1.29 is 0 Å². The molecule has 1 heterocycles. The van der Waals surface area contributed by atoms with Gasteiger partial charge in [0.25, 0.3) is 0 Å². The molecule has 94 valence electrons. The fourth-order valence-corrected chi connectivity index (χ4v) is 1.86. The number of rotatable bonds is 2. The molecule has 2 aromatic rings. The summed E-state index contributed by atoms with van der Waals surface area (Å²) in [6.07, 6.45) is 0. The molecule has 1 aromatic heterocycles. The van der Waals surface area contributed by atoms with Crippen molar-refractivity contribution in [3.05, 3.63) is 45.1 Å². The number of hydrogen-bond acceptors (Lipinski definition) is 3. The van der Waals surface area contributed by atoms with Crippen molar-refractivity contribution in [2.75, 3.05) is 5.32 Å². The molecule has 0 aliphatic carbocycles. The third-order valence-corrected chi connectivity index (χ3v) is 3.67. The van der Waals surface area contributed by atoms with E-state index >= 15 is 0 Å². The summed E-state index contributed by atoms with van der Waals surface area (Å²) in [7, 11) is 0. The highest BCUT2D eigenvalue weighted by molar-refractivity contribution is 6.31. The molecule has 0 unspecified atom stereocenters. The molecule has 0 amide bonds. The minimum Gasteiger partial charge on any atom is -0.338 e. The number of nitrogens with one attached hydrogen (secondary N) is 1. The Kier molecular flexibility index (Phi) is 3.73. The van der Waals surface area contributed by atoms with Crippen LogP contribution in [0, 0.1) is 20.8 Å². The van der Waals surface area contributed by atoms with Crippen molar-refractivity contribution in [3.63, 3.8) is 0 Å². The molecular weight excluding hydrogens is 269 g/mol. The van der Waals surface area contributed by atoms with Gasteiger partial charge in [0, 0.05) is 10.7 Å². The van der Waals surface area contributed by atoms with Gasteiger partial charge in [-0.2, -0.15) is 0 Å². The maximum atomic E-state index is 6.08. The lowest BCUT2D eigenvalue weighted by molar-refractivity contribution is 1.00. The predicted molar refractivity (Wildman–Crippen MR) is 76.0 cm³/mol. The molecule has 0 bridgehead atoms. The minimum absolute atomic E-state index is 0.431. The van der Waals surface area contributed by atoms with Gasteiger partial charge >= 0.3 is 0 Å². The van der Waals surface area contributed by atoms with E-state index in [1.165, 1.54) is 0 Å². The highest BCUT2D eigenvalue weighted by atomic mass is 35.5. The largest absolute Gasteiger partial charge is 0.338 e. The van der Waals surface area contributed by atoms with Gasteiger partial charge in [-0.05, 0) is 49.6 Å². The lowest BCUT2D eigenvalue weighted by atomic mass is 10.2. The van der Waals surface area contributed by atoms with E-state index in [2.05, 4.69) is 15.5 Å². The average Bonchev–Trinajstić information content (AvgIpc) is 2.34. The summed E-state index contributed by atoms with van der Waals surface area (Å²) in [4.78, 5) is 0. The number of aryl methyl sites for hydroxylation is 1. The fourth-order valence-electron chi connectivity index (χ4n) is 1.50. The molecule has 3 nitrogen and oxygen atoms in total. The van der Waals surface area contributed by atoms with Crippen LogP contribution in [0.1, 0.15) is 16.7 Å². The van der Waals surface area contributed by atoms with Crippen LogP contribution in [0.4, 0.5) is 11.5 Å². The molecule has 0 atom stereocenters. The summed E-state index contributed by atoms with van der Waals surface area (Å²) in [6.45, 7) is 5.83. The predicted octanol–water partition coefficient (Wildman–Crippen LogP) is 4.45. The van der Waals surface area contributed by atoms with E-state index < -0.39 is 0 Å². The second kappa shape index (κ2) is 5.12. The second-order valence-electron chi connectivity index (χ2n) is 4.18. The molecule has 2 rings (SSSR count). The van der Waals surface area contributed by atoms with Crippen molar-refractivity contribution in [3.8, 4) is 0 Å². The van der Waals surface area contributed by atoms with Crippen LogP contribution < -0.4 is 5.32 Å². The van der Waals surface area contributed by atoms with Crippen molar-refractivity contribution in [1.82, 2.24) is 10.2 Å². The van der Waals surface area contributed by atoms with Gasteiger partial charge in [0.2, 0.25) is 0 Å². The SMILES string of the molecule is Cc1ccc(Nc2nnc(Cl)c(C)c2C)cc1Cl. The summed E-state index contributed by atoms with van der Waals surface area (Å²) < 4.78 is 0. The molecular formula is C13H13Cl2N3. The number of benzene rings is 1. The first-order chi connectivity index (χ1) is 8.49. The topological polar surface area (TPSA) is 37.8 Å². The van der Waals surface area contributed by atoms with Gasteiger partial charge in [0.15, 0.2) is 11.0 Å². The number of halogens is 2. The lowest BCUT2D eigenvalue weighted by Gasteiger charge is -2.11. The van der Waals surface area contributed by atoms with E-state index in [9.17, 15) is 0 Å². The molecule has 0 spiro atoms. The molecule has 0 saturated carbocycles. The Morgan fingerprint density at radius 3 is 2.39 bits per heavy atom. The van der Waals surface area contributed by atoms with Crippen LogP contribution in [-0.4, -0.2) is 10.2 Å².